The fraction of sp³-hybridized carbons (Fsp3) is 0.312. The molecule has 104 valence electrons. The molecule has 0 fully saturated rings. The van der Waals surface area contributed by atoms with E-state index in [9.17, 15) is 0 Å². The van der Waals surface area contributed by atoms with E-state index >= 15 is 0 Å². The van der Waals surface area contributed by atoms with Crippen LogP contribution < -0.4 is 5.73 Å². The molecule has 0 atom stereocenters. The predicted octanol–water partition coefficient (Wildman–Crippen LogP) is 2.39. The summed E-state index contributed by atoms with van der Waals surface area (Å²) in [7, 11) is 4.13. The molecular formula is C16H20N4. The van der Waals surface area contributed by atoms with Crippen LogP contribution in [-0.4, -0.2) is 20.7 Å². The van der Waals surface area contributed by atoms with E-state index in [0.717, 1.165) is 17.9 Å². The van der Waals surface area contributed by atoms with Gasteiger partial charge in [0.2, 0.25) is 0 Å². The number of rotatable bonds is 3. The van der Waals surface area contributed by atoms with Crippen molar-refractivity contribution in [3.05, 3.63) is 42.0 Å². The maximum atomic E-state index is 5.76. The monoisotopic (exact) mass is 268 g/mol. The molecule has 20 heavy (non-hydrogen) atoms. The fourth-order valence-corrected chi connectivity index (χ4v) is 2.82. The Hall–Kier alpha value is -2.07. The average Bonchev–Trinajstić information content (AvgIpc) is 2.92. The summed E-state index contributed by atoms with van der Waals surface area (Å²) in [4.78, 5) is 4.76. The zero-order chi connectivity index (χ0) is 14.3. The van der Waals surface area contributed by atoms with Crippen molar-refractivity contribution in [1.29, 1.82) is 0 Å². The van der Waals surface area contributed by atoms with Crippen LogP contribution in [-0.2, 0) is 20.5 Å². The molecule has 0 bridgehead atoms. The van der Waals surface area contributed by atoms with E-state index in [1.807, 2.05) is 6.92 Å². The molecule has 0 saturated heterocycles. The molecule has 0 aliphatic rings. The molecule has 0 aliphatic heterocycles. The number of hydrogen-bond acceptors (Lipinski definition) is 2. The van der Waals surface area contributed by atoms with Crippen molar-refractivity contribution in [2.45, 2.75) is 13.3 Å². The highest BCUT2D eigenvalue weighted by molar-refractivity contribution is 5.95. The molecule has 1 aromatic carbocycles. The van der Waals surface area contributed by atoms with Crippen molar-refractivity contribution in [2.75, 3.05) is 6.54 Å². The van der Waals surface area contributed by atoms with Crippen LogP contribution >= 0.6 is 0 Å². The third-order valence-electron chi connectivity index (χ3n) is 3.97. The summed E-state index contributed by atoms with van der Waals surface area (Å²) in [5, 5.41) is 1.24. The summed E-state index contributed by atoms with van der Waals surface area (Å²) in [6, 6.07) is 8.43. The predicted molar refractivity (Wildman–Crippen MR) is 82.6 cm³/mol. The molecular weight excluding hydrogens is 248 g/mol. The van der Waals surface area contributed by atoms with Crippen LogP contribution in [0.2, 0.25) is 0 Å². The Balaban J connectivity index is 2.28. The second-order valence-electron chi connectivity index (χ2n) is 5.22. The molecule has 4 heteroatoms. The average molecular weight is 268 g/mol. The topological polar surface area (TPSA) is 48.8 Å². The van der Waals surface area contributed by atoms with Crippen LogP contribution in [0.3, 0.4) is 0 Å². The SMILES string of the molecule is Cc1nc(-c2cn(C)c3ccccc23)c(CCN)n1C. The number of nitrogens with zero attached hydrogens (tertiary/aromatic N) is 3. The first-order chi connectivity index (χ1) is 9.63. The van der Waals surface area contributed by atoms with Crippen molar-refractivity contribution < 1.29 is 0 Å². The molecule has 0 radical (unpaired) electrons. The third-order valence-corrected chi connectivity index (χ3v) is 3.97. The number of aryl methyl sites for hydroxylation is 2. The summed E-state index contributed by atoms with van der Waals surface area (Å²) in [6.07, 6.45) is 3.00. The first kappa shape index (κ1) is 12.9. The van der Waals surface area contributed by atoms with E-state index in [2.05, 4.69) is 53.7 Å². The lowest BCUT2D eigenvalue weighted by Crippen LogP contribution is -2.08. The number of para-hydroxylation sites is 1. The smallest absolute Gasteiger partial charge is 0.106 e. The van der Waals surface area contributed by atoms with E-state index in [4.69, 9.17) is 10.7 Å². The summed E-state index contributed by atoms with van der Waals surface area (Å²) < 4.78 is 4.30. The van der Waals surface area contributed by atoms with E-state index in [0.29, 0.717) is 6.54 Å². The number of nitrogens with two attached hydrogens (primary N) is 1. The van der Waals surface area contributed by atoms with Gasteiger partial charge in [0, 0.05) is 48.9 Å². The van der Waals surface area contributed by atoms with Gasteiger partial charge in [-0.1, -0.05) is 18.2 Å². The zero-order valence-electron chi connectivity index (χ0n) is 12.2. The molecule has 3 aromatic rings. The minimum atomic E-state index is 0.636. The first-order valence-electron chi connectivity index (χ1n) is 6.90. The van der Waals surface area contributed by atoms with Gasteiger partial charge in [-0.3, -0.25) is 0 Å². The van der Waals surface area contributed by atoms with Crippen LogP contribution in [0.4, 0.5) is 0 Å². The summed E-state index contributed by atoms with van der Waals surface area (Å²) in [6.45, 7) is 2.67. The van der Waals surface area contributed by atoms with Crippen LogP contribution in [0.25, 0.3) is 22.2 Å². The maximum absolute atomic E-state index is 5.76. The highest BCUT2D eigenvalue weighted by Gasteiger charge is 2.17. The Morgan fingerprint density at radius 1 is 1.20 bits per heavy atom. The van der Waals surface area contributed by atoms with Crippen molar-refractivity contribution in [2.24, 2.45) is 19.8 Å². The molecule has 0 amide bonds. The van der Waals surface area contributed by atoms with E-state index < -0.39 is 0 Å². The number of benzene rings is 1. The molecule has 0 unspecified atom stereocenters. The second kappa shape index (κ2) is 4.80. The molecule has 0 spiro atoms. The summed E-state index contributed by atoms with van der Waals surface area (Å²) in [5.41, 5.74) is 10.4. The van der Waals surface area contributed by atoms with E-state index in [1.165, 1.54) is 22.2 Å². The number of imidazole rings is 1. The van der Waals surface area contributed by atoms with Crippen molar-refractivity contribution in [3.63, 3.8) is 0 Å². The lowest BCUT2D eigenvalue weighted by Gasteiger charge is -2.04. The number of aromatic nitrogens is 3. The normalized spacial score (nSPS) is 11.4. The Kier molecular flexibility index (Phi) is 3.10. The van der Waals surface area contributed by atoms with Gasteiger partial charge >= 0.3 is 0 Å². The Morgan fingerprint density at radius 2 is 1.95 bits per heavy atom. The fourth-order valence-electron chi connectivity index (χ4n) is 2.82. The molecule has 2 N–H and O–H groups in total. The van der Waals surface area contributed by atoms with Crippen molar-refractivity contribution in [3.8, 4) is 11.3 Å². The first-order valence-corrected chi connectivity index (χ1v) is 6.90. The van der Waals surface area contributed by atoms with Crippen molar-refractivity contribution in [1.82, 2.24) is 14.1 Å². The van der Waals surface area contributed by atoms with Gasteiger partial charge in [0.25, 0.3) is 0 Å². The van der Waals surface area contributed by atoms with Gasteiger partial charge in [0.05, 0.1) is 5.69 Å². The van der Waals surface area contributed by atoms with Gasteiger partial charge in [-0.2, -0.15) is 0 Å². The van der Waals surface area contributed by atoms with Crippen LogP contribution in [0, 0.1) is 6.92 Å². The maximum Gasteiger partial charge on any atom is 0.106 e. The van der Waals surface area contributed by atoms with E-state index in [-0.39, 0.29) is 0 Å². The highest BCUT2D eigenvalue weighted by Crippen LogP contribution is 2.32. The van der Waals surface area contributed by atoms with Gasteiger partial charge in [-0.25, -0.2) is 4.98 Å². The minimum absolute atomic E-state index is 0.636. The lowest BCUT2D eigenvalue weighted by molar-refractivity contribution is 0.778. The molecule has 2 aromatic heterocycles. The Morgan fingerprint density at radius 3 is 2.70 bits per heavy atom. The van der Waals surface area contributed by atoms with Gasteiger partial charge in [0.15, 0.2) is 0 Å². The van der Waals surface area contributed by atoms with Crippen LogP contribution in [0.5, 0.6) is 0 Å². The van der Waals surface area contributed by atoms with Crippen LogP contribution in [0.1, 0.15) is 11.5 Å². The van der Waals surface area contributed by atoms with Gasteiger partial charge in [-0.05, 0) is 19.5 Å². The number of fused-ring (bicyclic) bond motifs is 1. The van der Waals surface area contributed by atoms with Gasteiger partial charge in [-0.15, -0.1) is 0 Å². The minimum Gasteiger partial charge on any atom is -0.350 e. The summed E-state index contributed by atoms with van der Waals surface area (Å²) in [5.74, 6) is 1.02. The van der Waals surface area contributed by atoms with E-state index in [1.54, 1.807) is 0 Å². The van der Waals surface area contributed by atoms with Crippen LogP contribution in [0.15, 0.2) is 30.5 Å². The molecule has 4 nitrogen and oxygen atoms in total. The Bertz CT molecular complexity index is 764. The standard InChI is InChI=1S/C16H20N4/c1-11-18-16(15(8-9-17)20(11)3)13-10-19(2)14-7-5-4-6-12(13)14/h4-7,10H,8-9,17H2,1-3H3. The molecule has 2 heterocycles. The second-order valence-corrected chi connectivity index (χ2v) is 5.22. The lowest BCUT2D eigenvalue weighted by atomic mass is 10.1. The van der Waals surface area contributed by atoms with Gasteiger partial charge in [0.1, 0.15) is 5.82 Å². The summed E-state index contributed by atoms with van der Waals surface area (Å²) >= 11 is 0. The van der Waals surface area contributed by atoms with Crippen molar-refractivity contribution >= 4 is 10.9 Å². The zero-order valence-corrected chi connectivity index (χ0v) is 12.2. The molecule has 0 aliphatic carbocycles. The third kappa shape index (κ3) is 1.84. The molecule has 0 saturated carbocycles. The largest absolute Gasteiger partial charge is 0.350 e. The van der Waals surface area contributed by atoms with Gasteiger partial charge < -0.3 is 14.9 Å². The Labute approximate surface area is 118 Å². The highest BCUT2D eigenvalue weighted by atomic mass is 15.1. The number of hydrogen-bond donors (Lipinski definition) is 1. The molecule has 3 rings (SSSR count). The quantitative estimate of drug-likeness (QED) is 0.793.